The van der Waals surface area contributed by atoms with E-state index < -0.39 is 39.5 Å². The van der Waals surface area contributed by atoms with Gasteiger partial charge in [-0.2, -0.15) is 21.6 Å². The highest BCUT2D eigenvalue weighted by Crippen LogP contribution is 2.32. The molecule has 0 bridgehead atoms. The summed E-state index contributed by atoms with van der Waals surface area (Å²) in [5.74, 6) is -0.573. The number of hydrogen-bond acceptors (Lipinski definition) is 3. The Bertz CT molecular complexity index is 672. The highest BCUT2D eigenvalue weighted by atomic mass is 32.3. The minimum absolute atomic E-state index is 0.00866. The number of carbonyl (C=O) groups is 1. The van der Waals surface area contributed by atoms with Gasteiger partial charge >= 0.3 is 16.4 Å². The Morgan fingerprint density at radius 2 is 1.86 bits per heavy atom. The van der Waals surface area contributed by atoms with E-state index in [1.165, 1.54) is 18.2 Å². The van der Waals surface area contributed by atoms with Crippen molar-refractivity contribution in [2.75, 3.05) is 13.1 Å². The van der Waals surface area contributed by atoms with E-state index in [4.69, 9.17) is 0 Å². The summed E-state index contributed by atoms with van der Waals surface area (Å²) >= 11 is 0. The summed E-state index contributed by atoms with van der Waals surface area (Å²) in [7, 11) is -4.83. The van der Waals surface area contributed by atoms with Crippen LogP contribution in [0.3, 0.4) is 0 Å². The van der Waals surface area contributed by atoms with Crippen LogP contribution in [0.15, 0.2) is 24.3 Å². The van der Waals surface area contributed by atoms with E-state index in [9.17, 15) is 30.3 Å². The monoisotopic (exact) mass is 339 g/mol. The highest BCUT2D eigenvalue weighted by molar-refractivity contribution is 7.87. The van der Waals surface area contributed by atoms with E-state index in [0.29, 0.717) is 0 Å². The fraction of sp³-hybridized carbons (Fsp3) is 0.462. The Morgan fingerprint density at radius 1 is 1.23 bits per heavy atom. The molecular formula is C13H13F4NO3S. The van der Waals surface area contributed by atoms with Crippen LogP contribution in [0.1, 0.15) is 17.5 Å². The lowest BCUT2D eigenvalue weighted by molar-refractivity contribution is -0.138. The summed E-state index contributed by atoms with van der Waals surface area (Å²) in [6.07, 6.45) is -5.06. The van der Waals surface area contributed by atoms with Gasteiger partial charge in [-0.25, -0.2) is 0 Å². The fourth-order valence-electron chi connectivity index (χ4n) is 2.41. The topological polar surface area (TPSA) is 54.5 Å². The number of nitrogens with zero attached hydrogens (tertiary/aromatic N) is 1. The summed E-state index contributed by atoms with van der Waals surface area (Å²) < 4.78 is 73.0. The third-order valence-electron chi connectivity index (χ3n) is 3.55. The van der Waals surface area contributed by atoms with Gasteiger partial charge in [-0.05, 0) is 18.1 Å². The van der Waals surface area contributed by atoms with Crippen molar-refractivity contribution < 1.29 is 30.3 Å². The summed E-state index contributed by atoms with van der Waals surface area (Å²) in [5, 5.41) is -1.43. The van der Waals surface area contributed by atoms with E-state index in [0.717, 1.165) is 11.0 Å². The molecular weight excluding hydrogens is 326 g/mol. The number of hydrogen-bond donors (Lipinski definition) is 0. The lowest BCUT2D eigenvalue weighted by Crippen LogP contribution is -2.29. The maximum absolute atomic E-state index is 12.9. The van der Waals surface area contributed by atoms with E-state index >= 15 is 0 Å². The van der Waals surface area contributed by atoms with Crippen LogP contribution in [0.2, 0.25) is 0 Å². The van der Waals surface area contributed by atoms with Crippen LogP contribution in [0.5, 0.6) is 0 Å². The van der Waals surface area contributed by atoms with Crippen LogP contribution < -0.4 is 0 Å². The smallest absolute Gasteiger partial charge is 0.341 e. The Morgan fingerprint density at radius 3 is 2.41 bits per heavy atom. The molecule has 0 saturated carbocycles. The first-order valence-electron chi connectivity index (χ1n) is 6.45. The maximum atomic E-state index is 12.9. The molecule has 0 aliphatic carbocycles. The van der Waals surface area contributed by atoms with Crippen LogP contribution in [-0.2, 0) is 27.6 Å². The van der Waals surface area contributed by atoms with Gasteiger partial charge in [-0.1, -0.05) is 18.2 Å². The zero-order valence-corrected chi connectivity index (χ0v) is 12.1. The number of benzene rings is 1. The van der Waals surface area contributed by atoms with Crippen LogP contribution >= 0.6 is 0 Å². The molecule has 1 atom stereocenters. The molecule has 1 aliphatic rings. The number of likely N-dealkylation sites (tertiary alicyclic amines) is 1. The zero-order chi connectivity index (χ0) is 16.5. The van der Waals surface area contributed by atoms with Crippen LogP contribution in [0.25, 0.3) is 0 Å². The van der Waals surface area contributed by atoms with Gasteiger partial charge in [0.2, 0.25) is 5.91 Å². The predicted molar refractivity (Wildman–Crippen MR) is 70.2 cm³/mol. The van der Waals surface area contributed by atoms with Crippen molar-refractivity contribution in [3.63, 3.8) is 0 Å². The molecule has 1 aromatic carbocycles. The molecule has 0 spiro atoms. The molecule has 0 radical (unpaired) electrons. The second-order valence-corrected chi connectivity index (χ2v) is 6.66. The number of amides is 1. The van der Waals surface area contributed by atoms with E-state index in [1.54, 1.807) is 0 Å². The summed E-state index contributed by atoms with van der Waals surface area (Å²) in [6.45, 7) is -0.413. The van der Waals surface area contributed by atoms with Gasteiger partial charge in [0.1, 0.15) is 5.25 Å². The molecule has 0 aromatic heterocycles. The van der Waals surface area contributed by atoms with E-state index in [1.807, 2.05) is 0 Å². The first-order valence-corrected chi connectivity index (χ1v) is 7.90. The zero-order valence-electron chi connectivity index (χ0n) is 11.3. The molecule has 22 heavy (non-hydrogen) atoms. The van der Waals surface area contributed by atoms with Gasteiger partial charge in [-0.15, -0.1) is 3.89 Å². The van der Waals surface area contributed by atoms with E-state index in [2.05, 4.69) is 0 Å². The third kappa shape index (κ3) is 3.76. The molecule has 122 valence electrons. The second kappa shape index (κ2) is 5.86. The van der Waals surface area contributed by atoms with Gasteiger partial charge in [0, 0.05) is 19.5 Å². The van der Waals surface area contributed by atoms with Crippen molar-refractivity contribution in [1.29, 1.82) is 0 Å². The minimum atomic E-state index is -4.83. The van der Waals surface area contributed by atoms with Gasteiger partial charge in [-0.3, -0.25) is 4.79 Å². The molecule has 1 fully saturated rings. The molecule has 1 aliphatic heterocycles. The second-order valence-electron chi connectivity index (χ2n) is 5.05. The number of carbonyl (C=O) groups excluding carboxylic acids is 1. The molecule has 1 amide bonds. The first kappa shape index (κ1) is 16.7. The van der Waals surface area contributed by atoms with Gasteiger partial charge in [0.25, 0.3) is 0 Å². The Labute approximate surface area is 124 Å². The quantitative estimate of drug-likeness (QED) is 0.624. The third-order valence-corrected chi connectivity index (χ3v) is 4.66. The molecule has 2 rings (SSSR count). The van der Waals surface area contributed by atoms with Gasteiger partial charge < -0.3 is 4.90 Å². The fourth-order valence-corrected chi connectivity index (χ4v) is 3.11. The van der Waals surface area contributed by atoms with Crippen molar-refractivity contribution in [2.45, 2.75) is 24.3 Å². The van der Waals surface area contributed by atoms with E-state index in [-0.39, 0.29) is 25.1 Å². The van der Waals surface area contributed by atoms with Gasteiger partial charge in [0.15, 0.2) is 0 Å². The summed E-state index contributed by atoms with van der Waals surface area (Å²) in [5.41, 5.74) is -0.786. The molecule has 0 N–H and O–H groups in total. The standard InChI is InChI=1S/C13H13F4NO3S/c14-13(15,16)11-4-2-1-3-9(11)5-6-18-8-10(7-12(18)19)22(17,20)21/h1-4,10H,5-8H2. The van der Waals surface area contributed by atoms with Crippen molar-refractivity contribution in [1.82, 2.24) is 4.90 Å². The van der Waals surface area contributed by atoms with Crippen molar-refractivity contribution in [2.24, 2.45) is 0 Å². The molecule has 1 unspecified atom stereocenters. The minimum Gasteiger partial charge on any atom is -0.341 e. The van der Waals surface area contributed by atoms with Gasteiger partial charge in [0.05, 0.1) is 5.56 Å². The number of rotatable bonds is 4. The van der Waals surface area contributed by atoms with Crippen molar-refractivity contribution in [3.05, 3.63) is 35.4 Å². The average molecular weight is 339 g/mol. The average Bonchev–Trinajstić information content (AvgIpc) is 2.77. The lowest BCUT2D eigenvalue weighted by atomic mass is 10.0. The Kier molecular flexibility index (Phi) is 4.46. The first-order chi connectivity index (χ1) is 10.1. The molecule has 1 aromatic rings. The lowest BCUT2D eigenvalue weighted by Gasteiger charge is -2.18. The van der Waals surface area contributed by atoms with Crippen LogP contribution in [-0.4, -0.2) is 37.6 Å². The summed E-state index contributed by atoms with van der Waals surface area (Å²) in [6, 6.07) is 4.95. The van der Waals surface area contributed by atoms with Crippen LogP contribution in [0, 0.1) is 0 Å². The molecule has 9 heteroatoms. The molecule has 1 heterocycles. The van der Waals surface area contributed by atoms with Crippen LogP contribution in [0.4, 0.5) is 17.1 Å². The number of halogens is 4. The Balaban J connectivity index is 2.07. The van der Waals surface area contributed by atoms with Crippen molar-refractivity contribution in [3.8, 4) is 0 Å². The highest BCUT2D eigenvalue weighted by Gasteiger charge is 2.38. The van der Waals surface area contributed by atoms with Crippen molar-refractivity contribution >= 4 is 16.1 Å². The predicted octanol–water partition coefficient (Wildman–Crippen LogP) is 2.15. The molecule has 1 saturated heterocycles. The summed E-state index contributed by atoms with van der Waals surface area (Å²) in [4.78, 5) is 12.7. The maximum Gasteiger partial charge on any atom is 0.416 e. The molecule has 4 nitrogen and oxygen atoms in total. The Hall–Kier alpha value is -1.64. The number of alkyl halides is 3. The SMILES string of the molecule is O=C1CC(S(=O)(=O)F)CN1CCc1ccccc1C(F)(F)F. The normalized spacial score (nSPS) is 19.7. The largest absolute Gasteiger partial charge is 0.416 e.